The first-order valence-corrected chi connectivity index (χ1v) is 9.17. The van der Waals surface area contributed by atoms with Gasteiger partial charge in [0.1, 0.15) is 0 Å². The molecule has 0 radical (unpaired) electrons. The molecular formula is C22H27N6+. The van der Waals surface area contributed by atoms with Crippen LogP contribution in [0.2, 0.25) is 0 Å². The average Bonchev–Trinajstić information content (AvgIpc) is 3.05. The molecule has 0 bridgehead atoms. The number of rotatable bonds is 6. The Morgan fingerprint density at radius 1 is 0.786 bits per heavy atom. The third-order valence-electron chi connectivity index (χ3n) is 4.49. The van der Waals surface area contributed by atoms with Crippen molar-refractivity contribution in [1.82, 2.24) is 4.68 Å². The highest BCUT2D eigenvalue weighted by Crippen LogP contribution is 2.12. The third-order valence-corrected chi connectivity index (χ3v) is 4.49. The van der Waals surface area contributed by atoms with Gasteiger partial charge in [0.25, 0.3) is 0 Å². The van der Waals surface area contributed by atoms with Crippen LogP contribution in [0.5, 0.6) is 0 Å². The lowest BCUT2D eigenvalue weighted by Gasteiger charge is -2.11. The minimum Gasteiger partial charge on any atom is -0.378 e. The van der Waals surface area contributed by atoms with Crippen LogP contribution in [0.1, 0.15) is 17.0 Å². The molecule has 0 fully saturated rings. The molecule has 0 aliphatic rings. The molecule has 2 aromatic carbocycles. The fourth-order valence-electron chi connectivity index (χ4n) is 2.67. The second-order valence-electron chi connectivity index (χ2n) is 7.00. The standard InChI is InChI=1S/C22H27N6/c1-18-27(23-16-19-6-10-21(11-7-19)25(2)3)14-15-28(18)24-17-20-8-12-22(13-9-20)26(4)5/h6-17H,1-5H3/q+1/b23-16+,24-17+. The zero-order valence-corrected chi connectivity index (χ0v) is 17.1. The van der Waals surface area contributed by atoms with Crippen LogP contribution in [0, 0.1) is 6.92 Å². The summed E-state index contributed by atoms with van der Waals surface area (Å²) in [5.74, 6) is 0.919. The van der Waals surface area contributed by atoms with E-state index in [1.165, 1.54) is 11.4 Å². The van der Waals surface area contributed by atoms with Crippen molar-refractivity contribution < 1.29 is 4.68 Å². The number of benzene rings is 2. The third kappa shape index (κ3) is 4.65. The summed E-state index contributed by atoms with van der Waals surface area (Å²) in [5, 5.41) is 9.07. The fraction of sp³-hybridized carbons (Fsp3) is 0.227. The molecule has 0 saturated heterocycles. The first-order chi connectivity index (χ1) is 13.4. The van der Waals surface area contributed by atoms with Gasteiger partial charge in [-0.3, -0.25) is 0 Å². The maximum atomic E-state index is 4.54. The molecule has 6 heteroatoms. The minimum atomic E-state index is 0.919. The molecule has 0 spiro atoms. The summed E-state index contributed by atoms with van der Waals surface area (Å²) in [4.78, 5) is 4.15. The summed E-state index contributed by atoms with van der Waals surface area (Å²) < 4.78 is 3.62. The molecule has 3 rings (SSSR count). The lowest BCUT2D eigenvalue weighted by Crippen LogP contribution is -2.29. The maximum Gasteiger partial charge on any atom is 0.304 e. The van der Waals surface area contributed by atoms with Crippen molar-refractivity contribution in [3.63, 3.8) is 0 Å². The van der Waals surface area contributed by atoms with Gasteiger partial charge >= 0.3 is 5.82 Å². The van der Waals surface area contributed by atoms with Gasteiger partial charge in [-0.1, -0.05) is 34.5 Å². The normalized spacial score (nSPS) is 11.5. The quantitative estimate of drug-likeness (QED) is 0.491. The zero-order chi connectivity index (χ0) is 20.1. The van der Waals surface area contributed by atoms with E-state index in [2.05, 4.69) is 68.5 Å². The van der Waals surface area contributed by atoms with Crippen LogP contribution in [0.4, 0.5) is 11.4 Å². The van der Waals surface area contributed by atoms with Gasteiger partial charge in [-0.15, -0.1) is 9.35 Å². The molecule has 3 aromatic rings. The first-order valence-electron chi connectivity index (χ1n) is 9.17. The molecule has 1 aromatic heterocycles. The van der Waals surface area contributed by atoms with Gasteiger partial charge in [0.15, 0.2) is 12.4 Å². The summed E-state index contributed by atoms with van der Waals surface area (Å²) in [5.41, 5.74) is 4.43. The monoisotopic (exact) mass is 375 g/mol. The predicted octanol–water partition coefficient (Wildman–Crippen LogP) is 2.98. The first kappa shape index (κ1) is 19.4. The van der Waals surface area contributed by atoms with E-state index in [0.29, 0.717) is 0 Å². The number of aromatic nitrogens is 2. The Bertz CT molecular complexity index is 884. The average molecular weight is 376 g/mol. The molecule has 1 heterocycles. The van der Waals surface area contributed by atoms with Crippen LogP contribution in [0.3, 0.4) is 0 Å². The van der Waals surface area contributed by atoms with Crippen molar-refractivity contribution in [2.45, 2.75) is 6.92 Å². The molecule has 0 amide bonds. The topological polar surface area (TPSA) is 40.0 Å². The lowest BCUT2D eigenvalue weighted by atomic mass is 10.2. The SMILES string of the molecule is Cc1n(/N=C/c2ccc(N(C)C)cc2)cc[n+]1/N=C/c1ccc(N(C)C)cc1. The van der Waals surface area contributed by atoms with Crippen LogP contribution >= 0.6 is 0 Å². The number of hydrogen-bond acceptors (Lipinski definition) is 4. The van der Waals surface area contributed by atoms with Gasteiger partial charge in [-0.05, 0) is 35.4 Å². The molecule has 0 aliphatic heterocycles. The molecule has 6 nitrogen and oxygen atoms in total. The fourth-order valence-corrected chi connectivity index (χ4v) is 2.67. The summed E-state index contributed by atoms with van der Waals surface area (Å²) in [7, 11) is 8.12. The summed E-state index contributed by atoms with van der Waals surface area (Å²) in [6.07, 6.45) is 7.49. The van der Waals surface area contributed by atoms with Crippen molar-refractivity contribution >= 4 is 23.8 Å². The van der Waals surface area contributed by atoms with Gasteiger partial charge < -0.3 is 9.80 Å². The highest BCUT2D eigenvalue weighted by Gasteiger charge is 2.10. The molecule has 0 unspecified atom stereocenters. The van der Waals surface area contributed by atoms with E-state index in [-0.39, 0.29) is 0 Å². The molecule has 0 saturated carbocycles. The molecule has 28 heavy (non-hydrogen) atoms. The Labute approximate surface area is 166 Å². The van der Waals surface area contributed by atoms with Gasteiger partial charge in [0.2, 0.25) is 0 Å². The van der Waals surface area contributed by atoms with Crippen LogP contribution < -0.4 is 14.5 Å². The van der Waals surface area contributed by atoms with Crippen molar-refractivity contribution in [3.8, 4) is 0 Å². The molecule has 0 atom stereocenters. The second kappa shape index (κ2) is 8.52. The number of nitrogens with zero attached hydrogens (tertiary/aromatic N) is 6. The highest BCUT2D eigenvalue weighted by molar-refractivity contribution is 5.80. The van der Waals surface area contributed by atoms with Gasteiger partial charge in [0.05, 0.1) is 12.4 Å². The molecule has 0 N–H and O–H groups in total. The number of hydrogen-bond donors (Lipinski definition) is 0. The highest BCUT2D eigenvalue weighted by atomic mass is 15.5. The summed E-state index contributed by atoms with van der Waals surface area (Å²) >= 11 is 0. The summed E-state index contributed by atoms with van der Waals surface area (Å²) in [6.45, 7) is 1.99. The van der Waals surface area contributed by atoms with E-state index in [1.807, 2.05) is 69.3 Å². The van der Waals surface area contributed by atoms with Crippen LogP contribution in [0.25, 0.3) is 0 Å². The molecule has 0 aliphatic carbocycles. The van der Waals surface area contributed by atoms with Crippen molar-refractivity contribution in [1.29, 1.82) is 0 Å². The largest absolute Gasteiger partial charge is 0.378 e. The molecular weight excluding hydrogens is 348 g/mol. The lowest BCUT2D eigenvalue weighted by molar-refractivity contribution is -0.684. The van der Waals surface area contributed by atoms with E-state index in [0.717, 1.165) is 17.0 Å². The van der Waals surface area contributed by atoms with Crippen molar-refractivity contribution in [2.24, 2.45) is 10.2 Å². The zero-order valence-electron chi connectivity index (χ0n) is 17.1. The van der Waals surface area contributed by atoms with E-state index < -0.39 is 0 Å². The van der Waals surface area contributed by atoms with Crippen LogP contribution in [0.15, 0.2) is 71.1 Å². The van der Waals surface area contributed by atoms with E-state index in [4.69, 9.17) is 0 Å². The van der Waals surface area contributed by atoms with E-state index in [1.54, 1.807) is 0 Å². The Balaban J connectivity index is 1.70. The predicted molar refractivity (Wildman–Crippen MR) is 117 cm³/mol. The van der Waals surface area contributed by atoms with Crippen LogP contribution in [-0.2, 0) is 0 Å². The minimum absolute atomic E-state index is 0.919. The summed E-state index contributed by atoms with van der Waals surface area (Å²) in [6, 6.07) is 16.5. The Morgan fingerprint density at radius 2 is 1.29 bits per heavy atom. The molecule has 144 valence electrons. The van der Waals surface area contributed by atoms with Gasteiger partial charge in [0, 0.05) is 46.5 Å². The Kier molecular flexibility index (Phi) is 5.89. The van der Waals surface area contributed by atoms with Gasteiger partial charge in [-0.25, -0.2) is 0 Å². The maximum absolute atomic E-state index is 4.54. The van der Waals surface area contributed by atoms with Gasteiger partial charge in [-0.2, -0.15) is 0 Å². The smallest absolute Gasteiger partial charge is 0.304 e. The van der Waals surface area contributed by atoms with Crippen molar-refractivity contribution in [3.05, 3.63) is 77.9 Å². The van der Waals surface area contributed by atoms with E-state index in [9.17, 15) is 0 Å². The second-order valence-corrected chi connectivity index (χ2v) is 7.00. The van der Waals surface area contributed by atoms with E-state index >= 15 is 0 Å². The number of imidazole rings is 1. The Morgan fingerprint density at radius 3 is 1.79 bits per heavy atom. The van der Waals surface area contributed by atoms with Crippen molar-refractivity contribution in [2.75, 3.05) is 38.0 Å². The Hall–Kier alpha value is -3.41. The number of anilines is 2. The van der Waals surface area contributed by atoms with Crippen LogP contribution in [-0.4, -0.2) is 45.3 Å².